The van der Waals surface area contributed by atoms with Gasteiger partial charge < -0.3 is 9.74 Å². The molecule has 15 heavy (non-hydrogen) atoms. The van der Waals surface area contributed by atoms with Crippen LogP contribution >= 0.6 is 0 Å². The summed E-state index contributed by atoms with van der Waals surface area (Å²) in [5.41, 5.74) is 0. The van der Waals surface area contributed by atoms with Crippen LogP contribution in [0.5, 0.6) is 0 Å². The zero-order chi connectivity index (χ0) is 11.6. The van der Waals surface area contributed by atoms with Gasteiger partial charge in [-0.15, -0.1) is 0 Å². The quantitative estimate of drug-likeness (QED) is 0.460. The van der Waals surface area contributed by atoms with Crippen LogP contribution < -0.4 is 5.32 Å². The maximum Gasteiger partial charge on any atom is 0.183 e. The molecule has 0 amide bonds. The first-order valence-corrected chi connectivity index (χ1v) is 9.82. The van der Waals surface area contributed by atoms with Crippen molar-refractivity contribution >= 4 is 8.32 Å². The second kappa shape index (κ2) is 9.37. The molecular weight excluding hydrogens is 202 g/mol. The Hall–Kier alpha value is 0.137. The molecule has 3 heteroatoms. The summed E-state index contributed by atoms with van der Waals surface area (Å²) in [6.07, 6.45) is 6.40. The minimum Gasteiger partial charge on any atom is -0.418 e. The van der Waals surface area contributed by atoms with Crippen LogP contribution in [0.25, 0.3) is 0 Å². The van der Waals surface area contributed by atoms with E-state index in [2.05, 4.69) is 31.9 Å². The third kappa shape index (κ3) is 14.1. The van der Waals surface area contributed by atoms with Crippen molar-refractivity contribution in [1.82, 2.24) is 5.32 Å². The van der Waals surface area contributed by atoms with Crippen molar-refractivity contribution in [3.8, 4) is 0 Å². The first-order chi connectivity index (χ1) is 7.06. The lowest BCUT2D eigenvalue weighted by atomic mass is 10.2. The van der Waals surface area contributed by atoms with Crippen LogP contribution in [-0.4, -0.2) is 28.0 Å². The van der Waals surface area contributed by atoms with Crippen molar-refractivity contribution in [1.29, 1.82) is 0 Å². The van der Waals surface area contributed by atoms with E-state index in [1.165, 1.54) is 45.2 Å². The first kappa shape index (κ1) is 15.1. The molecule has 0 aliphatic rings. The van der Waals surface area contributed by atoms with Crippen molar-refractivity contribution in [3.05, 3.63) is 0 Å². The average molecular weight is 231 g/mol. The van der Waals surface area contributed by atoms with Gasteiger partial charge in [-0.2, -0.15) is 0 Å². The summed E-state index contributed by atoms with van der Waals surface area (Å²) in [4.78, 5) is 0. The zero-order valence-corrected chi connectivity index (χ0v) is 12.1. The van der Waals surface area contributed by atoms with Gasteiger partial charge in [-0.25, -0.2) is 0 Å². The Labute approximate surface area is 96.9 Å². The predicted octanol–water partition coefficient (Wildman–Crippen LogP) is 3.40. The minimum atomic E-state index is -1.26. The highest BCUT2D eigenvalue weighted by Gasteiger charge is 2.12. The third-order valence-electron chi connectivity index (χ3n) is 2.24. The lowest BCUT2D eigenvalue weighted by Crippen LogP contribution is -2.25. The fourth-order valence-electron chi connectivity index (χ4n) is 1.33. The van der Waals surface area contributed by atoms with Crippen LogP contribution in [-0.2, 0) is 4.43 Å². The number of nitrogens with one attached hydrogen (secondary N) is 1. The van der Waals surface area contributed by atoms with Crippen molar-refractivity contribution in [3.63, 3.8) is 0 Å². The van der Waals surface area contributed by atoms with Crippen molar-refractivity contribution in [2.45, 2.75) is 58.7 Å². The molecule has 0 aromatic heterocycles. The van der Waals surface area contributed by atoms with Gasteiger partial charge in [0.2, 0.25) is 0 Å². The van der Waals surface area contributed by atoms with E-state index in [4.69, 9.17) is 4.43 Å². The molecule has 0 aliphatic carbocycles. The van der Waals surface area contributed by atoms with Crippen LogP contribution in [0.1, 0.15) is 39.0 Å². The third-order valence-corrected chi connectivity index (χ3v) is 3.31. The lowest BCUT2D eigenvalue weighted by molar-refractivity contribution is 0.299. The Balaban J connectivity index is 2.99. The fraction of sp³-hybridized carbons (Fsp3) is 1.00. The summed E-state index contributed by atoms with van der Waals surface area (Å²) in [5, 5.41) is 3.46. The highest BCUT2D eigenvalue weighted by Crippen LogP contribution is 2.04. The maximum absolute atomic E-state index is 5.79. The second-order valence-corrected chi connectivity index (χ2v) is 9.64. The molecule has 0 aromatic carbocycles. The molecule has 0 bridgehead atoms. The Bertz CT molecular complexity index is 134. The monoisotopic (exact) mass is 231 g/mol. The molecule has 0 radical (unpaired) electrons. The van der Waals surface area contributed by atoms with Gasteiger partial charge in [-0.05, 0) is 58.4 Å². The summed E-state index contributed by atoms with van der Waals surface area (Å²) in [6.45, 7) is 12.3. The zero-order valence-electron chi connectivity index (χ0n) is 11.1. The van der Waals surface area contributed by atoms with E-state index in [9.17, 15) is 0 Å². The van der Waals surface area contributed by atoms with E-state index in [1.807, 2.05) is 0 Å². The predicted molar refractivity (Wildman–Crippen MR) is 70.9 cm³/mol. The Morgan fingerprint density at radius 1 is 0.933 bits per heavy atom. The largest absolute Gasteiger partial charge is 0.418 e. The normalized spacial score (nSPS) is 12.0. The SMILES string of the molecule is CCCCNCCCCCO[Si](C)(C)C. The molecule has 1 N–H and O–H groups in total. The minimum absolute atomic E-state index is 0.963. The molecule has 2 nitrogen and oxygen atoms in total. The molecule has 0 aliphatic heterocycles. The number of unbranched alkanes of at least 4 members (excludes halogenated alkanes) is 3. The fourth-order valence-corrected chi connectivity index (χ4v) is 2.09. The standard InChI is InChI=1S/C12H29NOSi/c1-5-6-10-13-11-8-7-9-12-14-15(2,3)4/h13H,5-12H2,1-4H3. The molecule has 0 spiro atoms. The summed E-state index contributed by atoms with van der Waals surface area (Å²) in [7, 11) is -1.26. The molecular formula is C12H29NOSi. The van der Waals surface area contributed by atoms with Crippen LogP contribution in [0.4, 0.5) is 0 Å². The summed E-state index contributed by atoms with van der Waals surface area (Å²) in [6, 6.07) is 0. The maximum atomic E-state index is 5.79. The topological polar surface area (TPSA) is 21.3 Å². The number of hydrogen-bond donors (Lipinski definition) is 1. The summed E-state index contributed by atoms with van der Waals surface area (Å²) >= 11 is 0. The Morgan fingerprint density at radius 2 is 1.60 bits per heavy atom. The number of rotatable bonds is 10. The van der Waals surface area contributed by atoms with Crippen molar-refractivity contribution in [2.75, 3.05) is 19.7 Å². The van der Waals surface area contributed by atoms with Gasteiger partial charge in [0.1, 0.15) is 0 Å². The van der Waals surface area contributed by atoms with Gasteiger partial charge in [0.15, 0.2) is 8.32 Å². The summed E-state index contributed by atoms with van der Waals surface area (Å²) in [5.74, 6) is 0. The van der Waals surface area contributed by atoms with E-state index in [0.717, 1.165) is 6.61 Å². The average Bonchev–Trinajstić information content (AvgIpc) is 2.14. The molecule has 0 unspecified atom stereocenters. The van der Waals surface area contributed by atoms with E-state index in [-0.39, 0.29) is 0 Å². The highest BCUT2D eigenvalue weighted by atomic mass is 28.4. The van der Waals surface area contributed by atoms with Crippen molar-refractivity contribution < 1.29 is 4.43 Å². The van der Waals surface area contributed by atoms with Crippen molar-refractivity contribution in [2.24, 2.45) is 0 Å². The summed E-state index contributed by atoms with van der Waals surface area (Å²) < 4.78 is 5.79. The van der Waals surface area contributed by atoms with E-state index >= 15 is 0 Å². The van der Waals surface area contributed by atoms with E-state index in [0.29, 0.717) is 0 Å². The van der Waals surface area contributed by atoms with Crippen LogP contribution in [0, 0.1) is 0 Å². The lowest BCUT2D eigenvalue weighted by Gasteiger charge is -2.16. The molecule has 0 aromatic rings. The van der Waals surface area contributed by atoms with Crippen LogP contribution in [0.2, 0.25) is 19.6 Å². The first-order valence-electron chi connectivity index (χ1n) is 6.41. The Kier molecular flexibility index (Phi) is 9.45. The van der Waals surface area contributed by atoms with Gasteiger partial charge in [-0.3, -0.25) is 0 Å². The molecule has 0 saturated heterocycles. The van der Waals surface area contributed by atoms with Gasteiger partial charge in [-0.1, -0.05) is 13.3 Å². The van der Waals surface area contributed by atoms with Gasteiger partial charge in [0, 0.05) is 6.61 Å². The number of hydrogen-bond acceptors (Lipinski definition) is 2. The Morgan fingerprint density at radius 3 is 2.20 bits per heavy atom. The van der Waals surface area contributed by atoms with Gasteiger partial charge in [0.25, 0.3) is 0 Å². The van der Waals surface area contributed by atoms with E-state index < -0.39 is 8.32 Å². The molecule has 0 rings (SSSR count). The smallest absolute Gasteiger partial charge is 0.183 e. The van der Waals surface area contributed by atoms with Crippen LogP contribution in [0.3, 0.4) is 0 Å². The molecule has 0 atom stereocenters. The van der Waals surface area contributed by atoms with E-state index in [1.54, 1.807) is 0 Å². The second-order valence-electron chi connectivity index (χ2n) is 5.13. The van der Waals surface area contributed by atoms with Gasteiger partial charge in [0.05, 0.1) is 0 Å². The molecule has 0 heterocycles. The highest BCUT2D eigenvalue weighted by molar-refractivity contribution is 6.69. The molecule has 0 saturated carbocycles. The molecule has 0 fully saturated rings. The van der Waals surface area contributed by atoms with Crippen LogP contribution in [0.15, 0.2) is 0 Å². The van der Waals surface area contributed by atoms with Gasteiger partial charge >= 0.3 is 0 Å². The molecule has 92 valence electrons.